The van der Waals surface area contributed by atoms with E-state index in [0.717, 1.165) is 0 Å². The van der Waals surface area contributed by atoms with Crippen molar-refractivity contribution in [2.24, 2.45) is 0 Å². The Morgan fingerprint density at radius 2 is 1.36 bits per heavy atom. The Labute approximate surface area is 149 Å². The van der Waals surface area contributed by atoms with Crippen molar-refractivity contribution in [1.29, 1.82) is 0 Å². The van der Waals surface area contributed by atoms with E-state index < -0.39 is 5.97 Å². The van der Waals surface area contributed by atoms with E-state index in [2.05, 4.69) is 0 Å². The van der Waals surface area contributed by atoms with Gasteiger partial charge in [0.15, 0.2) is 11.5 Å². The fourth-order valence-electron chi connectivity index (χ4n) is 2.21. The summed E-state index contributed by atoms with van der Waals surface area (Å²) in [7, 11) is 0. The second-order valence-electron chi connectivity index (χ2n) is 4.76. The molecule has 0 atom stereocenters. The molecule has 1 aromatic rings. The fraction of sp³-hybridized carbons (Fsp3) is 0.526. The molecule has 0 saturated heterocycles. The van der Waals surface area contributed by atoms with Crippen LogP contribution in [0.1, 0.15) is 40.2 Å². The summed E-state index contributed by atoms with van der Waals surface area (Å²) in [6, 6.07) is 1.76. The van der Waals surface area contributed by atoms with Crippen LogP contribution in [0.4, 0.5) is 0 Å². The minimum absolute atomic E-state index is 0.313. The minimum Gasteiger partial charge on any atom is -0.493 e. The van der Waals surface area contributed by atoms with Crippen molar-refractivity contribution in [2.75, 3.05) is 33.0 Å². The smallest absolute Gasteiger partial charge is 0.330 e. The number of ether oxygens (including phenoxy) is 5. The summed E-state index contributed by atoms with van der Waals surface area (Å²) in [4.78, 5) is 11.7. The predicted octanol–water partition coefficient (Wildman–Crippen LogP) is 3.86. The van der Waals surface area contributed by atoms with E-state index in [1.165, 1.54) is 6.08 Å². The number of carbonyl (C=O) groups is 1. The van der Waals surface area contributed by atoms with E-state index in [1.807, 2.05) is 27.7 Å². The molecule has 0 aliphatic heterocycles. The Morgan fingerprint density at radius 1 is 0.800 bits per heavy atom. The molecule has 0 aliphatic rings. The number of esters is 1. The van der Waals surface area contributed by atoms with Gasteiger partial charge in [-0.25, -0.2) is 4.79 Å². The highest BCUT2D eigenvalue weighted by molar-refractivity contribution is 5.89. The van der Waals surface area contributed by atoms with E-state index in [4.69, 9.17) is 23.7 Å². The molecule has 140 valence electrons. The third-order valence-electron chi connectivity index (χ3n) is 3.05. The topological polar surface area (TPSA) is 63.2 Å². The van der Waals surface area contributed by atoms with Crippen molar-refractivity contribution in [2.45, 2.75) is 34.6 Å². The number of benzene rings is 1. The molecule has 25 heavy (non-hydrogen) atoms. The number of rotatable bonds is 11. The van der Waals surface area contributed by atoms with Crippen LogP contribution in [0.25, 0.3) is 6.08 Å². The first-order valence-electron chi connectivity index (χ1n) is 8.69. The van der Waals surface area contributed by atoms with E-state index in [0.29, 0.717) is 61.6 Å². The molecule has 1 rings (SSSR count). The maximum absolute atomic E-state index is 11.7. The lowest BCUT2D eigenvalue weighted by atomic mass is 10.1. The van der Waals surface area contributed by atoms with E-state index in [-0.39, 0.29) is 0 Å². The summed E-state index contributed by atoms with van der Waals surface area (Å²) in [5, 5.41) is 0. The van der Waals surface area contributed by atoms with Gasteiger partial charge in [0.1, 0.15) is 5.75 Å². The highest BCUT2D eigenvalue weighted by Crippen LogP contribution is 2.46. The minimum atomic E-state index is -0.431. The molecule has 0 spiro atoms. The van der Waals surface area contributed by atoms with Gasteiger partial charge in [0.2, 0.25) is 5.75 Å². The molecular formula is C19H28O6. The van der Waals surface area contributed by atoms with E-state index >= 15 is 0 Å². The third-order valence-corrected chi connectivity index (χ3v) is 3.05. The Kier molecular flexibility index (Phi) is 9.29. The molecule has 0 radical (unpaired) electrons. The van der Waals surface area contributed by atoms with Crippen LogP contribution in [0, 0.1) is 0 Å². The SMILES string of the molecule is CCOC(=O)C=Cc1c(OCC)cc(OCC)c(OCC)c1OCC. The van der Waals surface area contributed by atoms with Crippen LogP contribution in [0.15, 0.2) is 12.1 Å². The average Bonchev–Trinajstić information content (AvgIpc) is 2.58. The van der Waals surface area contributed by atoms with Crippen molar-refractivity contribution >= 4 is 12.0 Å². The van der Waals surface area contributed by atoms with Crippen LogP contribution in [0.3, 0.4) is 0 Å². The van der Waals surface area contributed by atoms with Crippen molar-refractivity contribution in [1.82, 2.24) is 0 Å². The average molecular weight is 352 g/mol. The highest BCUT2D eigenvalue weighted by Gasteiger charge is 2.21. The molecule has 6 nitrogen and oxygen atoms in total. The summed E-state index contributed by atoms with van der Waals surface area (Å²) >= 11 is 0. The Hall–Kier alpha value is -2.37. The molecule has 0 fully saturated rings. The predicted molar refractivity (Wildman–Crippen MR) is 96.8 cm³/mol. The van der Waals surface area contributed by atoms with Crippen molar-refractivity contribution in [3.05, 3.63) is 17.7 Å². The molecule has 0 aromatic heterocycles. The van der Waals surface area contributed by atoms with E-state index in [1.54, 1.807) is 19.1 Å². The number of carbonyl (C=O) groups excluding carboxylic acids is 1. The maximum atomic E-state index is 11.7. The monoisotopic (exact) mass is 352 g/mol. The Bertz CT molecular complexity index is 580. The molecule has 0 heterocycles. The van der Waals surface area contributed by atoms with Crippen LogP contribution in [-0.4, -0.2) is 39.0 Å². The zero-order chi connectivity index (χ0) is 18.7. The summed E-state index contributed by atoms with van der Waals surface area (Å²) in [5.74, 6) is 1.65. The van der Waals surface area contributed by atoms with Gasteiger partial charge in [-0.1, -0.05) is 0 Å². The first-order chi connectivity index (χ1) is 12.1. The second kappa shape index (κ2) is 11.2. The van der Waals surface area contributed by atoms with Gasteiger partial charge in [0.05, 0.1) is 38.6 Å². The molecular weight excluding hydrogens is 324 g/mol. The molecule has 0 amide bonds. The molecule has 1 aromatic carbocycles. The van der Waals surface area contributed by atoms with Crippen molar-refractivity contribution in [3.63, 3.8) is 0 Å². The third kappa shape index (κ3) is 5.89. The lowest BCUT2D eigenvalue weighted by Gasteiger charge is -2.20. The van der Waals surface area contributed by atoms with Gasteiger partial charge in [-0.15, -0.1) is 0 Å². The van der Waals surface area contributed by atoms with Crippen LogP contribution in [0.2, 0.25) is 0 Å². The lowest BCUT2D eigenvalue weighted by molar-refractivity contribution is -0.137. The zero-order valence-corrected chi connectivity index (χ0v) is 15.7. The highest BCUT2D eigenvalue weighted by atomic mass is 16.5. The van der Waals surface area contributed by atoms with Gasteiger partial charge in [-0.05, 0) is 40.7 Å². The quantitative estimate of drug-likeness (QED) is 0.445. The fourth-order valence-corrected chi connectivity index (χ4v) is 2.21. The molecule has 0 saturated carbocycles. The molecule has 0 bridgehead atoms. The second-order valence-corrected chi connectivity index (χ2v) is 4.76. The van der Waals surface area contributed by atoms with Gasteiger partial charge < -0.3 is 23.7 Å². The zero-order valence-electron chi connectivity index (χ0n) is 15.7. The van der Waals surface area contributed by atoms with Gasteiger partial charge in [0, 0.05) is 12.1 Å². The summed E-state index contributed by atoms with van der Waals surface area (Å²) in [5.41, 5.74) is 0.614. The van der Waals surface area contributed by atoms with Crippen LogP contribution < -0.4 is 18.9 Å². The number of hydrogen-bond acceptors (Lipinski definition) is 6. The summed E-state index contributed by atoms with van der Waals surface area (Å²) in [6.45, 7) is 11.4. The summed E-state index contributed by atoms with van der Waals surface area (Å²) < 4.78 is 27.9. The summed E-state index contributed by atoms with van der Waals surface area (Å²) in [6.07, 6.45) is 2.96. The Balaban J connectivity index is 3.50. The molecule has 6 heteroatoms. The molecule has 0 N–H and O–H groups in total. The Morgan fingerprint density at radius 3 is 1.92 bits per heavy atom. The first kappa shape index (κ1) is 20.7. The van der Waals surface area contributed by atoms with Crippen LogP contribution >= 0.6 is 0 Å². The molecule has 0 unspecified atom stereocenters. The van der Waals surface area contributed by atoms with E-state index in [9.17, 15) is 4.79 Å². The van der Waals surface area contributed by atoms with Crippen molar-refractivity contribution in [3.8, 4) is 23.0 Å². The lowest BCUT2D eigenvalue weighted by Crippen LogP contribution is -2.06. The van der Waals surface area contributed by atoms with Crippen molar-refractivity contribution < 1.29 is 28.5 Å². The standard InChI is InChI=1S/C19H28O6/c1-6-21-15-13-16(22-7-2)19(25-10-5)18(24-9-4)14(15)11-12-17(20)23-8-3/h11-13H,6-10H2,1-5H3. The normalized spacial score (nSPS) is 10.6. The first-order valence-corrected chi connectivity index (χ1v) is 8.69. The van der Waals surface area contributed by atoms with Gasteiger partial charge in [-0.3, -0.25) is 0 Å². The van der Waals surface area contributed by atoms with Crippen LogP contribution in [0.5, 0.6) is 23.0 Å². The largest absolute Gasteiger partial charge is 0.493 e. The number of hydrogen-bond donors (Lipinski definition) is 0. The van der Waals surface area contributed by atoms with Gasteiger partial charge >= 0.3 is 5.97 Å². The van der Waals surface area contributed by atoms with Gasteiger partial charge in [0.25, 0.3) is 0 Å². The van der Waals surface area contributed by atoms with Gasteiger partial charge in [-0.2, -0.15) is 0 Å². The maximum Gasteiger partial charge on any atom is 0.330 e. The molecule has 0 aliphatic carbocycles. The van der Waals surface area contributed by atoms with Crippen LogP contribution in [-0.2, 0) is 9.53 Å².